The van der Waals surface area contributed by atoms with Gasteiger partial charge in [0.05, 0.1) is 34.2 Å². The van der Waals surface area contributed by atoms with Crippen molar-refractivity contribution in [3.8, 4) is 0 Å². The summed E-state index contributed by atoms with van der Waals surface area (Å²) < 4.78 is 15.8. The molecule has 1 aromatic heterocycles. The van der Waals surface area contributed by atoms with E-state index in [1.165, 1.54) is 15.7 Å². The molecule has 3 rings (SSSR count). The number of fused-ring (bicyclic) bond motifs is 1. The summed E-state index contributed by atoms with van der Waals surface area (Å²) in [4.78, 5) is 26.1. The van der Waals surface area contributed by atoms with Gasteiger partial charge in [0.1, 0.15) is 11.4 Å². The third-order valence-corrected chi connectivity index (χ3v) is 5.94. The van der Waals surface area contributed by atoms with E-state index >= 15 is 0 Å². The van der Waals surface area contributed by atoms with Crippen LogP contribution in [0, 0.1) is 6.92 Å². The van der Waals surface area contributed by atoms with Gasteiger partial charge in [0.2, 0.25) is 5.91 Å². The molecule has 1 aromatic carbocycles. The highest BCUT2D eigenvalue weighted by molar-refractivity contribution is 6.44. The molecule has 0 saturated carbocycles. The number of hydrogen-bond acceptors (Lipinski definition) is 4. The van der Waals surface area contributed by atoms with Crippen LogP contribution in [0.2, 0.25) is 0 Å². The molecule has 2 aromatic rings. The molecule has 0 atom stereocenters. The molecule has 1 fully saturated rings. The van der Waals surface area contributed by atoms with Crippen molar-refractivity contribution in [2.75, 3.05) is 18.4 Å². The number of carbonyl (C=O) groups excluding carboxylic acids is 1. The van der Waals surface area contributed by atoms with Gasteiger partial charge in [-0.2, -0.15) is 5.10 Å². The largest absolute Gasteiger partial charge is 0.372 e. The van der Waals surface area contributed by atoms with Crippen LogP contribution in [-0.4, -0.2) is 39.2 Å². The monoisotopic (exact) mass is 462 g/mol. The molecule has 0 spiro atoms. The number of nitrogens with zero attached hydrogens (tertiary/aromatic N) is 3. The number of aryl methyl sites for hydroxylation is 2. The summed E-state index contributed by atoms with van der Waals surface area (Å²) in [6.45, 7) is 12.4. The highest BCUT2D eigenvalue weighted by atomic mass is 35.5. The lowest BCUT2D eigenvalue weighted by Crippen LogP contribution is -2.68. The third kappa shape index (κ3) is 4.03. The zero-order chi connectivity index (χ0) is 23.1. The molecular formula is C22H21Cl2FN4O2. The van der Waals surface area contributed by atoms with E-state index in [0.29, 0.717) is 22.2 Å². The molecule has 0 radical (unpaired) electrons. The van der Waals surface area contributed by atoms with Crippen molar-refractivity contribution < 1.29 is 9.18 Å². The molecule has 6 nitrogen and oxygen atoms in total. The van der Waals surface area contributed by atoms with E-state index in [9.17, 15) is 14.0 Å². The van der Waals surface area contributed by atoms with Gasteiger partial charge in [-0.25, -0.2) is 9.07 Å². The van der Waals surface area contributed by atoms with E-state index in [-0.39, 0.29) is 40.2 Å². The van der Waals surface area contributed by atoms with Gasteiger partial charge in [-0.3, -0.25) is 9.59 Å². The van der Waals surface area contributed by atoms with E-state index in [1.807, 2.05) is 0 Å². The maximum Gasteiger partial charge on any atom is 0.274 e. The summed E-state index contributed by atoms with van der Waals surface area (Å²) in [6.07, 6.45) is 1.18. The Bertz CT molecular complexity index is 1230. The highest BCUT2D eigenvalue weighted by Crippen LogP contribution is 2.41. The van der Waals surface area contributed by atoms with Gasteiger partial charge < -0.3 is 10.2 Å². The molecule has 0 bridgehead atoms. The number of halogens is 3. The first-order chi connectivity index (χ1) is 14.5. The van der Waals surface area contributed by atoms with Crippen LogP contribution in [0.25, 0.3) is 10.8 Å². The second-order valence-electron chi connectivity index (χ2n) is 7.38. The predicted molar refractivity (Wildman–Crippen MR) is 123 cm³/mol. The Labute approximate surface area is 188 Å². The van der Waals surface area contributed by atoms with Crippen LogP contribution >= 0.6 is 23.2 Å². The number of benzene rings is 1. The minimum Gasteiger partial charge on any atom is -0.372 e. The maximum absolute atomic E-state index is 14.6. The van der Waals surface area contributed by atoms with Gasteiger partial charge >= 0.3 is 0 Å². The number of hydrogen-bond donors (Lipinski definition) is 1. The van der Waals surface area contributed by atoms with Crippen LogP contribution in [-0.2, 0) is 11.8 Å². The molecule has 0 unspecified atom stereocenters. The molecular weight excluding hydrogens is 442 g/mol. The number of allylic oxidation sites excluding steroid dienone is 2. The molecule has 1 N–H and O–H groups in total. The summed E-state index contributed by atoms with van der Waals surface area (Å²) in [5.74, 6) is -1.11. The second kappa shape index (κ2) is 8.32. The van der Waals surface area contributed by atoms with Gasteiger partial charge in [0.15, 0.2) is 0 Å². The molecule has 1 aliphatic rings. The fourth-order valence-electron chi connectivity index (χ4n) is 3.80. The van der Waals surface area contributed by atoms with Gasteiger partial charge in [-0.05, 0) is 25.1 Å². The van der Waals surface area contributed by atoms with E-state index in [2.05, 4.69) is 30.2 Å². The number of aromatic nitrogens is 2. The first-order valence-electron chi connectivity index (χ1n) is 9.27. The number of nitrogens with one attached hydrogen (secondary N) is 1. The summed E-state index contributed by atoms with van der Waals surface area (Å²) in [7, 11) is 1.57. The van der Waals surface area contributed by atoms with Crippen LogP contribution in [0.5, 0.6) is 0 Å². The lowest BCUT2D eigenvalue weighted by molar-refractivity contribution is -0.131. The second-order valence-corrected chi connectivity index (χ2v) is 8.21. The molecule has 31 heavy (non-hydrogen) atoms. The highest BCUT2D eigenvalue weighted by Gasteiger charge is 2.50. The Morgan fingerprint density at radius 3 is 2.48 bits per heavy atom. The Hall–Kier alpha value is -2.90. The van der Waals surface area contributed by atoms with Crippen molar-refractivity contribution in [2.24, 2.45) is 7.05 Å². The van der Waals surface area contributed by atoms with Crippen molar-refractivity contribution in [3.63, 3.8) is 0 Å². The van der Waals surface area contributed by atoms with Crippen molar-refractivity contribution in [1.29, 1.82) is 0 Å². The van der Waals surface area contributed by atoms with Crippen molar-refractivity contribution in [1.82, 2.24) is 14.7 Å². The van der Waals surface area contributed by atoms with Crippen LogP contribution in [0.4, 0.5) is 10.1 Å². The van der Waals surface area contributed by atoms with E-state index in [4.69, 9.17) is 23.2 Å². The number of anilines is 1. The SMILES string of the molecule is C=CC(=O)N1CC(Nc2ccc3c(C)nn(C)c(=O)c3c2)(/C(C(=C)F)=C(\Cl)C(=C)Cl)C1. The molecule has 1 saturated heterocycles. The van der Waals surface area contributed by atoms with Crippen molar-refractivity contribution in [3.05, 3.63) is 81.5 Å². The average Bonchev–Trinajstić information content (AvgIpc) is 2.68. The Morgan fingerprint density at radius 2 is 1.94 bits per heavy atom. The quantitative estimate of drug-likeness (QED) is 0.517. The van der Waals surface area contributed by atoms with Gasteiger partial charge in [0.25, 0.3) is 5.56 Å². The van der Waals surface area contributed by atoms with Crippen LogP contribution < -0.4 is 10.9 Å². The fourth-order valence-corrected chi connectivity index (χ4v) is 4.18. The van der Waals surface area contributed by atoms with E-state index in [1.54, 1.807) is 32.2 Å². The molecule has 1 aliphatic heterocycles. The number of rotatable bonds is 6. The number of amides is 1. The Kier molecular flexibility index (Phi) is 6.11. The molecule has 9 heteroatoms. The smallest absolute Gasteiger partial charge is 0.274 e. The molecule has 162 valence electrons. The summed E-state index contributed by atoms with van der Waals surface area (Å²) in [5, 5.41) is 8.43. The predicted octanol–water partition coefficient (Wildman–Crippen LogP) is 4.15. The Morgan fingerprint density at radius 1 is 1.29 bits per heavy atom. The van der Waals surface area contributed by atoms with E-state index < -0.39 is 11.4 Å². The number of carbonyl (C=O) groups is 1. The average molecular weight is 463 g/mol. The van der Waals surface area contributed by atoms with Crippen molar-refractivity contribution >= 4 is 45.6 Å². The summed E-state index contributed by atoms with van der Waals surface area (Å²) in [6, 6.07) is 5.17. The van der Waals surface area contributed by atoms with Crippen molar-refractivity contribution in [2.45, 2.75) is 12.5 Å². The maximum atomic E-state index is 14.6. The lowest BCUT2D eigenvalue weighted by atomic mass is 9.80. The third-order valence-electron chi connectivity index (χ3n) is 5.23. The first kappa shape index (κ1) is 22.8. The number of likely N-dealkylation sites (tertiary alicyclic amines) is 1. The van der Waals surface area contributed by atoms with Gasteiger partial charge in [0, 0.05) is 23.7 Å². The molecule has 1 amide bonds. The van der Waals surface area contributed by atoms with Gasteiger partial charge in [-0.1, -0.05) is 49.0 Å². The van der Waals surface area contributed by atoms with Crippen LogP contribution in [0.1, 0.15) is 5.69 Å². The normalized spacial score (nSPS) is 15.7. The van der Waals surface area contributed by atoms with Crippen LogP contribution in [0.15, 0.2) is 70.3 Å². The Balaban J connectivity index is 2.13. The van der Waals surface area contributed by atoms with Crippen LogP contribution in [0.3, 0.4) is 0 Å². The molecule has 2 heterocycles. The topological polar surface area (TPSA) is 67.2 Å². The fraction of sp³-hybridized carbons (Fsp3) is 0.227. The summed E-state index contributed by atoms with van der Waals surface area (Å²) in [5.41, 5.74) is -0.164. The van der Waals surface area contributed by atoms with Gasteiger partial charge in [-0.15, -0.1) is 0 Å². The minimum atomic E-state index is -1.12. The molecule has 0 aliphatic carbocycles. The minimum absolute atomic E-state index is 0.00110. The zero-order valence-corrected chi connectivity index (χ0v) is 18.6. The first-order valence-corrected chi connectivity index (χ1v) is 10.0. The lowest BCUT2D eigenvalue weighted by Gasteiger charge is -2.52. The van der Waals surface area contributed by atoms with E-state index in [0.717, 1.165) is 0 Å². The zero-order valence-electron chi connectivity index (χ0n) is 17.1. The summed E-state index contributed by atoms with van der Waals surface area (Å²) >= 11 is 12.2. The standard InChI is InChI=1S/C22H21Cl2FN4O2/c1-6-18(30)29-10-22(11-29,19(13(3)25)20(24)12(2)23)26-15-7-8-16-14(4)27-28(5)21(31)17(16)9-15/h6-9,26H,1-3,10-11H2,4-5H3/b20-19-.